The first-order chi connectivity index (χ1) is 13.5. The number of benzene rings is 2. The fraction of sp³-hybridized carbons (Fsp3) is 0.286. The number of nitrogens with two attached hydrogens (primary N) is 1. The van der Waals surface area contributed by atoms with Crippen molar-refractivity contribution in [3.63, 3.8) is 0 Å². The van der Waals surface area contributed by atoms with Crippen molar-refractivity contribution in [2.75, 3.05) is 33.2 Å². The number of amides is 1. The lowest BCUT2D eigenvalue weighted by molar-refractivity contribution is -0.111. The molecule has 1 amide bonds. The molecule has 0 aromatic heterocycles. The summed E-state index contributed by atoms with van der Waals surface area (Å²) in [6.07, 6.45) is 1.80. The second-order valence-corrected chi connectivity index (χ2v) is 9.44. The lowest BCUT2D eigenvalue weighted by atomic mass is 9.87. The molecule has 0 fully saturated rings. The number of rotatable bonds is 10. The maximum absolute atomic E-state index is 11.6. The molecule has 8 heteroatoms. The Labute approximate surface area is 190 Å². The van der Waals surface area contributed by atoms with Crippen LogP contribution >= 0.6 is 24.0 Å². The molecular formula is C21H29IN2O4Si. The van der Waals surface area contributed by atoms with E-state index in [2.05, 4.69) is 11.9 Å². The van der Waals surface area contributed by atoms with E-state index in [9.17, 15) is 4.79 Å². The largest absolute Gasteiger partial charge is 0.515 e. The Morgan fingerprint density at radius 2 is 1.55 bits per heavy atom. The number of nitrogens with one attached hydrogen (secondary N) is 1. The minimum Gasteiger partial charge on any atom is -0.376 e. The smallest absolute Gasteiger partial charge is 0.376 e. The van der Waals surface area contributed by atoms with E-state index < -0.39 is 13.8 Å². The Morgan fingerprint density at radius 1 is 1.03 bits per heavy atom. The van der Waals surface area contributed by atoms with Gasteiger partial charge in [0, 0.05) is 27.0 Å². The molecule has 2 aromatic rings. The van der Waals surface area contributed by atoms with Crippen LogP contribution in [0.5, 0.6) is 0 Å². The molecule has 0 aliphatic rings. The summed E-state index contributed by atoms with van der Waals surface area (Å²) in [5.41, 5.74) is 8.66. The van der Waals surface area contributed by atoms with E-state index in [1.807, 2.05) is 54.6 Å². The van der Waals surface area contributed by atoms with E-state index >= 15 is 0 Å². The van der Waals surface area contributed by atoms with Crippen LogP contribution in [0.25, 0.3) is 0 Å². The summed E-state index contributed by atoms with van der Waals surface area (Å²) in [7, 11) is 1.57. The number of hydrogen-bond acceptors (Lipinski definition) is 5. The van der Waals surface area contributed by atoms with Gasteiger partial charge in [-0.15, -0.1) is 24.0 Å². The Balaban J connectivity index is 0.00000420. The second kappa shape index (κ2) is 11.6. The summed E-state index contributed by atoms with van der Waals surface area (Å²) in [6.45, 7) is 3.88. The highest BCUT2D eigenvalue weighted by atomic mass is 127. The predicted molar refractivity (Wildman–Crippen MR) is 128 cm³/mol. The highest BCUT2D eigenvalue weighted by Gasteiger charge is 2.61. The zero-order chi connectivity index (χ0) is 20.6. The van der Waals surface area contributed by atoms with Gasteiger partial charge in [0.2, 0.25) is 5.91 Å². The van der Waals surface area contributed by atoms with Crippen LogP contribution in [0.3, 0.4) is 0 Å². The first-order valence-corrected chi connectivity index (χ1v) is 10.7. The summed E-state index contributed by atoms with van der Waals surface area (Å²) in [4.78, 5) is 11.6. The van der Waals surface area contributed by atoms with Crippen LogP contribution in [-0.4, -0.2) is 42.6 Å². The molecule has 0 radical (unpaired) electrons. The van der Waals surface area contributed by atoms with Crippen LogP contribution in [0.4, 0.5) is 5.69 Å². The minimum atomic E-state index is -3.24. The van der Waals surface area contributed by atoms with Gasteiger partial charge >= 0.3 is 8.80 Å². The van der Waals surface area contributed by atoms with E-state index in [4.69, 9.17) is 19.0 Å². The molecule has 0 aliphatic heterocycles. The van der Waals surface area contributed by atoms with Crippen molar-refractivity contribution in [3.05, 3.63) is 78.4 Å². The molecule has 2 rings (SSSR count). The molecule has 2 aromatic carbocycles. The van der Waals surface area contributed by atoms with Crippen molar-refractivity contribution in [1.82, 2.24) is 0 Å². The van der Waals surface area contributed by atoms with Gasteiger partial charge < -0.3 is 24.3 Å². The van der Waals surface area contributed by atoms with Gasteiger partial charge in [0.25, 0.3) is 0 Å². The zero-order valence-corrected chi connectivity index (χ0v) is 20.3. The van der Waals surface area contributed by atoms with Crippen LogP contribution in [0.1, 0.15) is 17.5 Å². The maximum Gasteiger partial charge on any atom is 0.515 e. The first kappa shape index (κ1) is 25.5. The maximum atomic E-state index is 11.6. The third kappa shape index (κ3) is 4.96. The molecular weight excluding hydrogens is 499 g/mol. The van der Waals surface area contributed by atoms with E-state index in [1.54, 1.807) is 21.3 Å². The molecule has 0 saturated heterocycles. The number of carbonyl (C=O) groups is 1. The van der Waals surface area contributed by atoms with Crippen molar-refractivity contribution in [3.8, 4) is 0 Å². The molecule has 3 N–H and O–H groups in total. The van der Waals surface area contributed by atoms with E-state index in [1.165, 1.54) is 6.08 Å². The average Bonchev–Trinajstić information content (AvgIpc) is 2.75. The van der Waals surface area contributed by atoms with Gasteiger partial charge in [0.15, 0.2) is 0 Å². The minimum absolute atomic E-state index is 0. The summed E-state index contributed by atoms with van der Waals surface area (Å²) >= 11 is 0. The lowest BCUT2D eigenvalue weighted by Gasteiger charge is -2.44. The van der Waals surface area contributed by atoms with Crippen molar-refractivity contribution < 1.29 is 18.1 Å². The normalized spacial score (nSPS) is 13.1. The second-order valence-electron chi connectivity index (χ2n) is 6.25. The Bertz CT molecular complexity index is 777. The van der Waals surface area contributed by atoms with Gasteiger partial charge in [-0.25, -0.2) is 0 Å². The van der Waals surface area contributed by atoms with Crippen LogP contribution in [0, 0.1) is 0 Å². The number of anilines is 1. The summed E-state index contributed by atoms with van der Waals surface area (Å²) < 4.78 is 17.8. The van der Waals surface area contributed by atoms with E-state index in [-0.39, 0.29) is 29.9 Å². The SMILES string of the molecule is C=CC(=O)Nc1ccc(C(CCN)(c2ccccc2)[Si](OC)(OC)OC)cc1.I. The Kier molecular flexibility index (Phi) is 10.2. The van der Waals surface area contributed by atoms with Crippen LogP contribution in [-0.2, 0) is 23.1 Å². The summed E-state index contributed by atoms with van der Waals surface area (Å²) in [6, 6.07) is 17.5. The molecule has 0 spiro atoms. The highest BCUT2D eigenvalue weighted by molar-refractivity contribution is 14.0. The molecule has 1 atom stereocenters. The average molecular weight is 528 g/mol. The molecule has 0 saturated carbocycles. The van der Waals surface area contributed by atoms with Gasteiger partial charge in [0.05, 0.1) is 5.04 Å². The molecule has 0 bridgehead atoms. The van der Waals surface area contributed by atoms with Crippen molar-refractivity contribution >= 4 is 44.4 Å². The molecule has 0 aliphatic carbocycles. The van der Waals surface area contributed by atoms with Crippen molar-refractivity contribution in [2.24, 2.45) is 5.73 Å². The van der Waals surface area contributed by atoms with Crippen LogP contribution < -0.4 is 11.1 Å². The fourth-order valence-corrected chi connectivity index (χ4v) is 6.74. The summed E-state index contributed by atoms with van der Waals surface area (Å²) in [5, 5.41) is 2.05. The number of halogens is 1. The molecule has 0 heterocycles. The lowest BCUT2D eigenvalue weighted by Crippen LogP contribution is -2.62. The van der Waals surface area contributed by atoms with Gasteiger partial charge in [-0.05, 0) is 42.3 Å². The molecule has 29 heavy (non-hydrogen) atoms. The number of carbonyl (C=O) groups excluding carboxylic acids is 1. The Hall–Kier alpha value is -1.56. The third-order valence-corrected chi connectivity index (χ3v) is 8.43. The van der Waals surface area contributed by atoms with Gasteiger partial charge in [-0.3, -0.25) is 4.79 Å². The topological polar surface area (TPSA) is 82.8 Å². The first-order valence-electron chi connectivity index (χ1n) is 8.98. The van der Waals surface area contributed by atoms with Gasteiger partial charge in [0.1, 0.15) is 0 Å². The predicted octanol–water partition coefficient (Wildman–Crippen LogP) is 3.48. The van der Waals surface area contributed by atoms with E-state index in [0.717, 1.165) is 11.1 Å². The van der Waals surface area contributed by atoms with Gasteiger partial charge in [-0.1, -0.05) is 49.0 Å². The third-order valence-electron chi connectivity index (χ3n) is 4.95. The van der Waals surface area contributed by atoms with Crippen molar-refractivity contribution in [1.29, 1.82) is 0 Å². The number of hydrogen-bond donors (Lipinski definition) is 2. The molecule has 158 valence electrons. The van der Waals surface area contributed by atoms with Crippen molar-refractivity contribution in [2.45, 2.75) is 11.5 Å². The van der Waals surface area contributed by atoms with Gasteiger partial charge in [-0.2, -0.15) is 0 Å². The summed E-state index contributed by atoms with van der Waals surface area (Å²) in [5.74, 6) is -0.265. The molecule has 1 unspecified atom stereocenters. The highest BCUT2D eigenvalue weighted by Crippen LogP contribution is 2.44. The van der Waals surface area contributed by atoms with E-state index in [0.29, 0.717) is 18.7 Å². The van der Waals surface area contributed by atoms with Crippen LogP contribution in [0.2, 0.25) is 0 Å². The quantitative estimate of drug-likeness (QED) is 0.280. The zero-order valence-electron chi connectivity index (χ0n) is 17.0. The molecule has 6 nitrogen and oxygen atoms in total. The Morgan fingerprint density at radius 3 is 2.00 bits per heavy atom. The standard InChI is InChI=1S/C21H28N2O4Si.HI/c1-5-20(24)23-19-13-11-18(12-14-19)21(15-16-22,17-9-7-6-8-10-17)28(25-2,26-3)27-4;/h5-14H,1,15-16,22H2,2-4H3,(H,23,24);1H. The van der Waals surface area contributed by atoms with Crippen LogP contribution in [0.15, 0.2) is 67.3 Å². The fourth-order valence-electron chi connectivity index (χ4n) is 3.71. The monoisotopic (exact) mass is 528 g/mol.